The van der Waals surface area contributed by atoms with Gasteiger partial charge in [-0.3, -0.25) is 14.4 Å². The number of ketones is 2. The summed E-state index contributed by atoms with van der Waals surface area (Å²) in [5, 5.41) is 10.5. The quantitative estimate of drug-likeness (QED) is 0.364. The monoisotopic (exact) mass is 552 g/mol. The predicted molar refractivity (Wildman–Crippen MR) is 142 cm³/mol. The van der Waals surface area contributed by atoms with Crippen molar-refractivity contribution in [3.8, 4) is 0 Å². The van der Waals surface area contributed by atoms with E-state index in [9.17, 15) is 32.7 Å². The molecule has 0 amide bonds. The first-order valence-corrected chi connectivity index (χ1v) is 15.2. The first-order chi connectivity index (χ1) is 17.8. The Hall–Kier alpha value is -1.40. The van der Waals surface area contributed by atoms with Gasteiger partial charge in [-0.15, -0.1) is 0 Å². The molecule has 0 heterocycles. The van der Waals surface area contributed by atoms with Crippen molar-refractivity contribution in [1.82, 2.24) is 0 Å². The second kappa shape index (κ2) is 8.56. The van der Waals surface area contributed by atoms with Crippen LogP contribution in [0.2, 0.25) is 0 Å². The number of alkyl halides is 3. The van der Waals surface area contributed by atoms with Crippen LogP contribution in [-0.2, 0) is 14.4 Å². The number of Topliss-reactive ketones (excluding diaryl/α,β-unsaturated/α-hetero) is 2. The average Bonchev–Trinajstić information content (AvgIpc) is 3.22. The molecular formula is C32H47F3O4. The third kappa shape index (κ3) is 3.58. The predicted octanol–water partition coefficient (Wildman–Crippen LogP) is 7.74. The van der Waals surface area contributed by atoms with Crippen LogP contribution < -0.4 is 0 Å². The lowest BCUT2D eigenvalue weighted by Gasteiger charge is -2.72. The van der Waals surface area contributed by atoms with Crippen LogP contribution in [0.15, 0.2) is 0 Å². The molecule has 5 rings (SSSR count). The van der Waals surface area contributed by atoms with Crippen molar-refractivity contribution in [1.29, 1.82) is 0 Å². The lowest BCUT2D eigenvalue weighted by Crippen LogP contribution is -2.68. The maximum absolute atomic E-state index is 13.7. The number of carbonyl (C=O) groups excluding carboxylic acids is 2. The number of carboxylic acids is 1. The molecule has 1 unspecified atom stereocenters. The highest BCUT2D eigenvalue weighted by Gasteiger charge is 2.73. The molecule has 5 aliphatic carbocycles. The lowest BCUT2D eigenvalue weighted by molar-refractivity contribution is -0.241. The van der Waals surface area contributed by atoms with Gasteiger partial charge in [0.25, 0.3) is 0 Å². The minimum atomic E-state index is -5.03. The summed E-state index contributed by atoms with van der Waals surface area (Å²) < 4.78 is 41.0. The first kappa shape index (κ1) is 29.1. The summed E-state index contributed by atoms with van der Waals surface area (Å²) in [7, 11) is 0. The molecule has 0 radical (unpaired) electrons. The molecule has 220 valence electrons. The molecule has 4 nitrogen and oxygen atoms in total. The molecule has 0 bridgehead atoms. The van der Waals surface area contributed by atoms with E-state index in [2.05, 4.69) is 34.6 Å². The van der Waals surface area contributed by atoms with Gasteiger partial charge in [-0.1, -0.05) is 48.5 Å². The van der Waals surface area contributed by atoms with Crippen LogP contribution in [0.4, 0.5) is 13.2 Å². The highest BCUT2D eigenvalue weighted by molar-refractivity contribution is 6.07. The number of aliphatic carboxylic acids is 1. The zero-order valence-corrected chi connectivity index (χ0v) is 24.7. The van der Waals surface area contributed by atoms with Crippen molar-refractivity contribution in [3.05, 3.63) is 0 Å². The van der Waals surface area contributed by atoms with Crippen molar-refractivity contribution in [2.75, 3.05) is 0 Å². The lowest BCUT2D eigenvalue weighted by atomic mass is 9.31. The summed E-state index contributed by atoms with van der Waals surface area (Å²) in [4.78, 5) is 38.8. The fraction of sp³-hybridized carbons (Fsp3) is 0.906. The van der Waals surface area contributed by atoms with Gasteiger partial charge in [0.15, 0.2) is 0 Å². The largest absolute Gasteiger partial charge is 0.481 e. The van der Waals surface area contributed by atoms with Gasteiger partial charge in [0.05, 0.1) is 11.3 Å². The molecule has 0 aromatic heterocycles. The van der Waals surface area contributed by atoms with E-state index < -0.39 is 45.9 Å². The Labute approximate surface area is 231 Å². The van der Waals surface area contributed by atoms with E-state index in [4.69, 9.17) is 0 Å². The Morgan fingerprint density at radius 2 is 1.51 bits per heavy atom. The number of fused-ring (bicyclic) bond motifs is 7. The minimum Gasteiger partial charge on any atom is -0.481 e. The molecule has 5 aliphatic rings. The van der Waals surface area contributed by atoms with Gasteiger partial charge in [-0.05, 0) is 110 Å². The summed E-state index contributed by atoms with van der Waals surface area (Å²) in [6, 6.07) is 0. The van der Waals surface area contributed by atoms with Crippen molar-refractivity contribution in [2.24, 2.45) is 68.5 Å². The molecule has 5 fully saturated rings. The Morgan fingerprint density at radius 1 is 0.872 bits per heavy atom. The Bertz CT molecular complexity index is 1080. The summed E-state index contributed by atoms with van der Waals surface area (Å²) in [5.41, 5.74) is -2.58. The van der Waals surface area contributed by atoms with Crippen LogP contribution in [-0.4, -0.2) is 28.8 Å². The van der Waals surface area contributed by atoms with Gasteiger partial charge in [-0.25, -0.2) is 0 Å². The number of rotatable bonds is 3. The number of carbonyl (C=O) groups is 3. The van der Waals surface area contributed by atoms with Gasteiger partial charge in [-0.2, -0.15) is 13.2 Å². The SMILES string of the molecule is CC(C)[C@@H]1CC[C@]2(C(=O)O)CC[C@]3(C)[C@H](CC[C@@H]4[C@@]5(C)CC(C(=O)C(F)(F)F)C(=O)C(C)(C)[C@@H]5CC[C@]43C)[C@@H]12. The van der Waals surface area contributed by atoms with E-state index in [-0.39, 0.29) is 40.9 Å². The second-order valence-electron chi connectivity index (χ2n) is 15.8. The van der Waals surface area contributed by atoms with E-state index in [1.165, 1.54) is 0 Å². The second-order valence-corrected chi connectivity index (χ2v) is 15.8. The highest BCUT2D eigenvalue weighted by atomic mass is 19.4. The van der Waals surface area contributed by atoms with Gasteiger partial charge in [0, 0.05) is 5.41 Å². The fourth-order valence-corrected chi connectivity index (χ4v) is 12.2. The van der Waals surface area contributed by atoms with Gasteiger partial charge >= 0.3 is 12.1 Å². The summed E-state index contributed by atoms with van der Waals surface area (Å²) >= 11 is 0. The molecule has 5 saturated carbocycles. The van der Waals surface area contributed by atoms with Crippen LogP contribution in [0.1, 0.15) is 106 Å². The van der Waals surface area contributed by atoms with Crippen molar-refractivity contribution < 1.29 is 32.7 Å². The number of halogens is 3. The van der Waals surface area contributed by atoms with E-state index in [0.29, 0.717) is 18.3 Å². The smallest absolute Gasteiger partial charge is 0.450 e. The molecule has 0 aromatic rings. The maximum Gasteiger partial charge on any atom is 0.450 e. The van der Waals surface area contributed by atoms with Crippen LogP contribution in [0.5, 0.6) is 0 Å². The summed E-state index contributed by atoms with van der Waals surface area (Å²) in [6.07, 6.45) is 1.41. The van der Waals surface area contributed by atoms with Gasteiger partial charge in [0.2, 0.25) is 5.78 Å². The van der Waals surface area contributed by atoms with Crippen LogP contribution in [0, 0.1) is 68.5 Å². The summed E-state index contributed by atoms with van der Waals surface area (Å²) in [5.74, 6) is -3.60. The molecule has 0 aliphatic heterocycles. The summed E-state index contributed by atoms with van der Waals surface area (Å²) in [6.45, 7) is 14.7. The van der Waals surface area contributed by atoms with E-state index in [1.807, 2.05) is 0 Å². The zero-order valence-electron chi connectivity index (χ0n) is 24.7. The molecule has 0 spiro atoms. The van der Waals surface area contributed by atoms with E-state index in [1.54, 1.807) is 13.8 Å². The number of hydrogen-bond donors (Lipinski definition) is 1. The number of carboxylic acid groups (broad SMARTS) is 1. The maximum atomic E-state index is 13.7. The zero-order chi connectivity index (χ0) is 29.1. The standard InChI is InChI=1S/C32H47F3O4/c1-17(2)18-10-13-31(26(38)39)15-14-29(6)20(23(18)31)8-9-22-28(5)16-19(25(37)32(33,34)35)24(36)27(3,4)21(28)11-12-30(22,29)7/h17-23H,8-16H2,1-7H3,(H,38,39)/t18-,19?,20+,21-,22+,23+,28-,29+,30+,31-/m0/s1. The van der Waals surface area contributed by atoms with Crippen LogP contribution in [0.3, 0.4) is 0 Å². The Morgan fingerprint density at radius 3 is 2.08 bits per heavy atom. The average molecular weight is 553 g/mol. The Kier molecular flexibility index (Phi) is 6.39. The molecule has 39 heavy (non-hydrogen) atoms. The highest BCUT2D eigenvalue weighted by Crippen LogP contribution is 2.77. The van der Waals surface area contributed by atoms with Gasteiger partial charge < -0.3 is 5.11 Å². The third-order valence-electron chi connectivity index (χ3n) is 14.1. The molecule has 1 N–H and O–H groups in total. The van der Waals surface area contributed by atoms with Crippen molar-refractivity contribution in [3.63, 3.8) is 0 Å². The minimum absolute atomic E-state index is 0.0314. The first-order valence-electron chi connectivity index (χ1n) is 15.2. The van der Waals surface area contributed by atoms with Gasteiger partial charge in [0.1, 0.15) is 5.78 Å². The molecular weight excluding hydrogens is 505 g/mol. The van der Waals surface area contributed by atoms with Crippen LogP contribution >= 0.6 is 0 Å². The van der Waals surface area contributed by atoms with Crippen LogP contribution in [0.25, 0.3) is 0 Å². The van der Waals surface area contributed by atoms with E-state index in [0.717, 1.165) is 44.9 Å². The molecule has 0 aromatic carbocycles. The fourth-order valence-electron chi connectivity index (χ4n) is 12.2. The van der Waals surface area contributed by atoms with E-state index >= 15 is 0 Å². The normalized spacial score (nSPS) is 49.1. The molecule has 0 saturated heterocycles. The molecule has 10 atom stereocenters. The topological polar surface area (TPSA) is 71.4 Å². The molecule has 7 heteroatoms. The third-order valence-corrected chi connectivity index (χ3v) is 14.1. The van der Waals surface area contributed by atoms with Crippen molar-refractivity contribution >= 4 is 17.5 Å². The number of hydrogen-bond acceptors (Lipinski definition) is 3. The Balaban J connectivity index is 1.57. The van der Waals surface area contributed by atoms with Crippen molar-refractivity contribution in [2.45, 2.75) is 112 Å².